The van der Waals surface area contributed by atoms with Crippen molar-refractivity contribution in [2.45, 2.75) is 13.1 Å². The number of nitrogens with one attached hydrogen (secondary N) is 1. The molecule has 5 nitrogen and oxygen atoms in total. The van der Waals surface area contributed by atoms with Crippen LogP contribution in [0.2, 0.25) is 0 Å². The number of benzene rings is 1. The molecule has 0 aromatic heterocycles. The average molecular weight is 285 g/mol. The summed E-state index contributed by atoms with van der Waals surface area (Å²) < 4.78 is 42.0. The Bertz CT molecular complexity index is 562. The lowest BCUT2D eigenvalue weighted by Crippen LogP contribution is -2.17. The van der Waals surface area contributed by atoms with E-state index in [1.807, 2.05) is 0 Å². The summed E-state index contributed by atoms with van der Waals surface area (Å²) in [6, 6.07) is 5.69. The third-order valence-electron chi connectivity index (χ3n) is 2.06. The van der Waals surface area contributed by atoms with E-state index < -0.39 is 23.4 Å². The molecule has 20 heavy (non-hydrogen) atoms. The molecule has 0 radical (unpaired) electrons. The Labute approximate surface area is 112 Å². The Morgan fingerprint density at radius 3 is 2.75 bits per heavy atom. The van der Waals surface area contributed by atoms with Gasteiger partial charge in [0, 0.05) is 0 Å². The van der Waals surface area contributed by atoms with Crippen molar-refractivity contribution in [1.82, 2.24) is 0 Å². The van der Waals surface area contributed by atoms with Crippen LogP contribution in [0.25, 0.3) is 0 Å². The second-order valence-corrected chi connectivity index (χ2v) is 3.48. The first-order chi connectivity index (χ1) is 9.38. The number of hydrazone groups is 1. The number of hydrogen-bond donors (Lipinski definition) is 1. The molecule has 0 fully saturated rings. The van der Waals surface area contributed by atoms with E-state index in [4.69, 9.17) is 5.26 Å². The zero-order valence-electron chi connectivity index (χ0n) is 10.4. The van der Waals surface area contributed by atoms with Gasteiger partial charge in [-0.15, -0.1) is 0 Å². The zero-order valence-corrected chi connectivity index (χ0v) is 10.4. The van der Waals surface area contributed by atoms with Gasteiger partial charge in [-0.1, -0.05) is 6.07 Å². The lowest BCUT2D eigenvalue weighted by atomic mass is 10.2. The van der Waals surface area contributed by atoms with Gasteiger partial charge in [-0.2, -0.15) is 23.5 Å². The molecule has 1 rings (SSSR count). The van der Waals surface area contributed by atoms with Gasteiger partial charge in [-0.3, -0.25) is 5.43 Å². The number of ether oxygens (including phenoxy) is 1. The minimum absolute atomic E-state index is 0.00289. The number of alkyl halides is 3. The third kappa shape index (κ3) is 4.28. The average Bonchev–Trinajstić information content (AvgIpc) is 2.39. The third-order valence-corrected chi connectivity index (χ3v) is 2.06. The summed E-state index contributed by atoms with van der Waals surface area (Å²) in [6.45, 7) is 1.61. The first-order valence-corrected chi connectivity index (χ1v) is 5.46. The molecule has 1 aromatic carbocycles. The van der Waals surface area contributed by atoms with Gasteiger partial charge in [0.25, 0.3) is 0 Å². The summed E-state index contributed by atoms with van der Waals surface area (Å²) in [4.78, 5) is 11.2. The van der Waals surface area contributed by atoms with Gasteiger partial charge in [0.1, 0.15) is 6.07 Å². The van der Waals surface area contributed by atoms with Crippen LogP contribution in [-0.2, 0) is 15.7 Å². The summed E-state index contributed by atoms with van der Waals surface area (Å²) in [5.41, 5.74) is 0.762. The van der Waals surface area contributed by atoms with E-state index in [1.54, 1.807) is 6.92 Å². The highest BCUT2D eigenvalue weighted by Gasteiger charge is 2.30. The topological polar surface area (TPSA) is 74.5 Å². The number of carbonyl (C=O) groups excluding carboxylic acids is 1. The maximum Gasteiger partial charge on any atom is 0.416 e. The van der Waals surface area contributed by atoms with E-state index >= 15 is 0 Å². The number of carbonyl (C=O) groups is 1. The van der Waals surface area contributed by atoms with Crippen LogP contribution in [0.4, 0.5) is 18.9 Å². The van der Waals surface area contributed by atoms with Crippen LogP contribution in [0.3, 0.4) is 0 Å². The van der Waals surface area contributed by atoms with Crippen LogP contribution in [0.15, 0.2) is 29.4 Å². The number of halogens is 3. The minimum atomic E-state index is -4.49. The van der Waals surface area contributed by atoms with Crippen molar-refractivity contribution in [1.29, 1.82) is 5.26 Å². The first-order valence-electron chi connectivity index (χ1n) is 5.46. The summed E-state index contributed by atoms with van der Waals surface area (Å²) in [7, 11) is 0. The predicted molar refractivity (Wildman–Crippen MR) is 64.7 cm³/mol. The van der Waals surface area contributed by atoms with Gasteiger partial charge in [0.2, 0.25) is 5.71 Å². The van der Waals surface area contributed by atoms with Crippen LogP contribution >= 0.6 is 0 Å². The number of esters is 1. The Balaban J connectivity index is 2.89. The fourth-order valence-corrected chi connectivity index (χ4v) is 1.20. The van der Waals surface area contributed by atoms with Crippen LogP contribution in [0.5, 0.6) is 0 Å². The molecule has 0 spiro atoms. The molecule has 0 atom stereocenters. The highest BCUT2D eigenvalue weighted by atomic mass is 19.4. The Morgan fingerprint density at radius 1 is 1.50 bits per heavy atom. The van der Waals surface area contributed by atoms with Crippen molar-refractivity contribution in [3.63, 3.8) is 0 Å². The number of anilines is 1. The van der Waals surface area contributed by atoms with Crippen molar-refractivity contribution in [2.75, 3.05) is 12.0 Å². The standard InChI is InChI=1S/C12H10F3N3O2/c1-2-20-11(19)10(7-16)18-17-9-5-3-4-8(6-9)12(13,14)15/h3-6,17H,2H2,1H3/b18-10-. The van der Waals surface area contributed by atoms with Gasteiger partial charge >= 0.3 is 12.1 Å². The van der Waals surface area contributed by atoms with E-state index in [0.29, 0.717) is 0 Å². The van der Waals surface area contributed by atoms with Crippen molar-refractivity contribution in [2.24, 2.45) is 5.10 Å². The maximum atomic E-state index is 12.5. The Kier molecular flexibility index (Phi) is 5.08. The number of nitrogens with zero attached hydrogens (tertiary/aromatic N) is 2. The molecule has 1 aromatic rings. The number of hydrogen-bond acceptors (Lipinski definition) is 5. The molecule has 106 valence electrons. The molecule has 0 unspecified atom stereocenters. The van der Waals surface area contributed by atoms with E-state index in [9.17, 15) is 18.0 Å². The SMILES string of the molecule is CCOC(=O)/C(C#N)=N\Nc1cccc(C(F)(F)F)c1. The molecular weight excluding hydrogens is 275 g/mol. The Morgan fingerprint density at radius 2 is 2.20 bits per heavy atom. The van der Waals surface area contributed by atoms with Crippen LogP contribution in [-0.4, -0.2) is 18.3 Å². The zero-order chi connectivity index (χ0) is 15.2. The number of nitriles is 1. The highest BCUT2D eigenvalue weighted by Crippen LogP contribution is 2.30. The molecule has 0 saturated carbocycles. The van der Waals surface area contributed by atoms with Crippen molar-refractivity contribution in [3.8, 4) is 6.07 Å². The van der Waals surface area contributed by atoms with Gasteiger partial charge in [0.15, 0.2) is 0 Å². The Hall–Kier alpha value is -2.56. The summed E-state index contributed by atoms with van der Waals surface area (Å²) in [5, 5.41) is 12.1. The first kappa shape index (κ1) is 15.5. The summed E-state index contributed by atoms with van der Waals surface area (Å²) in [6.07, 6.45) is -4.49. The summed E-state index contributed by atoms with van der Waals surface area (Å²) in [5.74, 6) is -0.950. The van der Waals surface area contributed by atoms with Gasteiger partial charge in [-0.25, -0.2) is 4.79 Å². The van der Waals surface area contributed by atoms with Gasteiger partial charge in [0.05, 0.1) is 17.9 Å². The second-order valence-electron chi connectivity index (χ2n) is 3.48. The molecule has 1 N–H and O–H groups in total. The van der Waals surface area contributed by atoms with Crippen molar-refractivity contribution in [3.05, 3.63) is 29.8 Å². The largest absolute Gasteiger partial charge is 0.461 e. The lowest BCUT2D eigenvalue weighted by Gasteiger charge is -2.08. The fourth-order valence-electron chi connectivity index (χ4n) is 1.20. The molecular formula is C12H10F3N3O2. The molecule has 0 aliphatic heterocycles. The van der Waals surface area contributed by atoms with Crippen molar-refractivity contribution < 1.29 is 22.7 Å². The quantitative estimate of drug-likeness (QED) is 0.524. The molecule has 0 amide bonds. The number of rotatable bonds is 4. The fraction of sp³-hybridized carbons (Fsp3) is 0.250. The molecule has 0 heterocycles. The van der Waals surface area contributed by atoms with Crippen molar-refractivity contribution >= 4 is 17.4 Å². The molecule has 0 aliphatic carbocycles. The van der Waals surface area contributed by atoms with Crippen LogP contribution < -0.4 is 5.43 Å². The van der Waals surface area contributed by atoms with Crippen LogP contribution in [0, 0.1) is 11.3 Å². The van der Waals surface area contributed by atoms with E-state index in [2.05, 4.69) is 15.3 Å². The molecule has 0 aliphatic rings. The highest BCUT2D eigenvalue weighted by molar-refractivity contribution is 6.43. The second kappa shape index (κ2) is 6.56. The smallest absolute Gasteiger partial charge is 0.416 e. The maximum absolute atomic E-state index is 12.5. The van der Waals surface area contributed by atoms with Gasteiger partial charge in [-0.05, 0) is 25.1 Å². The van der Waals surface area contributed by atoms with E-state index in [0.717, 1.165) is 12.1 Å². The normalized spacial score (nSPS) is 11.7. The molecule has 0 bridgehead atoms. The minimum Gasteiger partial charge on any atom is -0.461 e. The van der Waals surface area contributed by atoms with Crippen LogP contribution in [0.1, 0.15) is 12.5 Å². The molecule has 8 heteroatoms. The van der Waals surface area contributed by atoms with E-state index in [-0.39, 0.29) is 12.3 Å². The monoisotopic (exact) mass is 285 g/mol. The summed E-state index contributed by atoms with van der Waals surface area (Å²) >= 11 is 0. The predicted octanol–water partition coefficient (Wildman–Crippen LogP) is 2.56. The van der Waals surface area contributed by atoms with Gasteiger partial charge < -0.3 is 4.74 Å². The van der Waals surface area contributed by atoms with E-state index in [1.165, 1.54) is 18.2 Å². The molecule has 0 saturated heterocycles. The lowest BCUT2D eigenvalue weighted by molar-refractivity contribution is -0.137.